The molecule has 0 aliphatic rings. The molecule has 7 nitrogen and oxygen atoms in total. The smallest absolute Gasteiger partial charge is 0.419 e. The maximum atomic E-state index is 13.2. The molecule has 0 atom stereocenters. The summed E-state index contributed by atoms with van der Waals surface area (Å²) in [6.45, 7) is 5.48. The molecular formula is C23H27NO6. The van der Waals surface area contributed by atoms with Crippen LogP contribution in [0.1, 0.15) is 20.8 Å². The highest BCUT2D eigenvalue weighted by Crippen LogP contribution is 2.39. The third kappa shape index (κ3) is 4.15. The average molecular weight is 413 g/mol. The van der Waals surface area contributed by atoms with Crippen LogP contribution in [0.15, 0.2) is 36.4 Å². The van der Waals surface area contributed by atoms with E-state index in [4.69, 9.17) is 23.7 Å². The molecule has 0 spiro atoms. The molecule has 3 aromatic rings. The number of benzene rings is 2. The summed E-state index contributed by atoms with van der Waals surface area (Å²) in [4.78, 5) is 13.2. The summed E-state index contributed by atoms with van der Waals surface area (Å²) < 4.78 is 29.0. The second-order valence-electron chi connectivity index (χ2n) is 7.71. The Labute approximate surface area is 176 Å². The highest BCUT2D eigenvalue weighted by Gasteiger charge is 2.25. The van der Waals surface area contributed by atoms with Crippen molar-refractivity contribution >= 4 is 17.0 Å². The lowest BCUT2D eigenvalue weighted by Gasteiger charge is -2.21. The second-order valence-corrected chi connectivity index (χ2v) is 7.71. The van der Waals surface area contributed by atoms with Crippen molar-refractivity contribution in [1.29, 1.82) is 0 Å². The topological polar surface area (TPSA) is 68.2 Å². The molecule has 0 aliphatic carbocycles. The van der Waals surface area contributed by atoms with E-state index < -0.39 is 11.7 Å². The standard InChI is InChI=1S/C23H27NO6/c1-23(2,3)30-22(25)24-19(14-8-15(26-4)10-16(9-14)27-5)13-18-20(24)11-17(28-6)12-21(18)29-7/h8-13H,1-7H3. The number of hydrogen-bond donors (Lipinski definition) is 0. The zero-order chi connectivity index (χ0) is 22.1. The molecule has 30 heavy (non-hydrogen) atoms. The lowest BCUT2D eigenvalue weighted by atomic mass is 10.1. The van der Waals surface area contributed by atoms with Gasteiger partial charge in [0.2, 0.25) is 0 Å². The Morgan fingerprint density at radius 1 is 0.767 bits per heavy atom. The maximum absolute atomic E-state index is 13.2. The molecule has 0 unspecified atom stereocenters. The minimum absolute atomic E-state index is 0.510. The Morgan fingerprint density at radius 2 is 1.33 bits per heavy atom. The van der Waals surface area contributed by atoms with Gasteiger partial charge in [0, 0.05) is 29.1 Å². The van der Waals surface area contributed by atoms with E-state index in [2.05, 4.69) is 0 Å². The summed E-state index contributed by atoms with van der Waals surface area (Å²) in [5, 5.41) is 0.751. The van der Waals surface area contributed by atoms with Crippen LogP contribution in [0, 0.1) is 0 Å². The first kappa shape index (κ1) is 21.4. The van der Waals surface area contributed by atoms with E-state index in [1.54, 1.807) is 46.6 Å². The van der Waals surface area contributed by atoms with Gasteiger partial charge in [0.05, 0.1) is 39.6 Å². The molecule has 0 radical (unpaired) electrons. The molecule has 2 aromatic carbocycles. The lowest BCUT2D eigenvalue weighted by molar-refractivity contribution is 0.0547. The summed E-state index contributed by atoms with van der Waals surface area (Å²) in [5.74, 6) is 2.37. The summed E-state index contributed by atoms with van der Waals surface area (Å²) in [6.07, 6.45) is -0.510. The number of hydrogen-bond acceptors (Lipinski definition) is 6. The molecule has 1 heterocycles. The molecule has 0 N–H and O–H groups in total. The van der Waals surface area contributed by atoms with Gasteiger partial charge in [0.15, 0.2) is 0 Å². The van der Waals surface area contributed by atoms with Crippen LogP contribution >= 0.6 is 0 Å². The average Bonchev–Trinajstić information content (AvgIpc) is 3.10. The van der Waals surface area contributed by atoms with E-state index in [1.807, 2.05) is 39.0 Å². The minimum Gasteiger partial charge on any atom is -0.497 e. The molecule has 0 amide bonds. The fourth-order valence-corrected chi connectivity index (χ4v) is 3.21. The van der Waals surface area contributed by atoms with Crippen LogP contribution in [0.4, 0.5) is 4.79 Å². The third-order valence-electron chi connectivity index (χ3n) is 4.54. The van der Waals surface area contributed by atoms with E-state index in [1.165, 1.54) is 4.57 Å². The van der Waals surface area contributed by atoms with Gasteiger partial charge in [-0.2, -0.15) is 0 Å². The Morgan fingerprint density at radius 3 is 1.83 bits per heavy atom. The van der Waals surface area contributed by atoms with Gasteiger partial charge in [-0.15, -0.1) is 0 Å². The number of carbonyl (C=O) groups excluding carboxylic acids is 1. The van der Waals surface area contributed by atoms with Crippen molar-refractivity contribution in [2.45, 2.75) is 26.4 Å². The van der Waals surface area contributed by atoms with Crippen molar-refractivity contribution in [2.75, 3.05) is 28.4 Å². The summed E-state index contributed by atoms with van der Waals surface area (Å²) in [7, 11) is 6.30. The second kappa shape index (κ2) is 8.18. The first-order valence-corrected chi connectivity index (χ1v) is 9.45. The van der Waals surface area contributed by atoms with Crippen LogP contribution < -0.4 is 18.9 Å². The molecule has 0 saturated carbocycles. The minimum atomic E-state index is -0.667. The predicted octanol–water partition coefficient (Wildman–Crippen LogP) is 5.13. The fraction of sp³-hybridized carbons (Fsp3) is 0.348. The van der Waals surface area contributed by atoms with Crippen molar-refractivity contribution < 1.29 is 28.5 Å². The Hall–Kier alpha value is -3.35. The molecule has 0 saturated heterocycles. The van der Waals surface area contributed by atoms with Gasteiger partial charge in [0.1, 0.15) is 28.6 Å². The van der Waals surface area contributed by atoms with E-state index in [9.17, 15) is 4.79 Å². The Bertz CT molecular complexity index is 1060. The zero-order valence-corrected chi connectivity index (χ0v) is 18.4. The monoisotopic (exact) mass is 413 g/mol. The number of rotatable bonds is 5. The summed E-state index contributed by atoms with van der Waals surface area (Å²) in [6, 6.07) is 10.9. The van der Waals surface area contributed by atoms with Crippen LogP contribution in [0.3, 0.4) is 0 Å². The first-order valence-electron chi connectivity index (χ1n) is 9.45. The normalized spacial score (nSPS) is 11.3. The number of methoxy groups -OCH3 is 4. The van der Waals surface area contributed by atoms with Crippen molar-refractivity contribution in [1.82, 2.24) is 4.57 Å². The summed E-state index contributed by atoms with van der Waals surface area (Å²) in [5.41, 5.74) is 1.29. The van der Waals surface area contributed by atoms with Gasteiger partial charge in [-0.05, 0) is 39.0 Å². The van der Waals surface area contributed by atoms with Crippen LogP contribution in [-0.2, 0) is 4.74 Å². The van der Waals surface area contributed by atoms with Crippen LogP contribution in [0.25, 0.3) is 22.2 Å². The maximum Gasteiger partial charge on any atom is 0.419 e. The van der Waals surface area contributed by atoms with Gasteiger partial charge >= 0.3 is 6.09 Å². The largest absolute Gasteiger partial charge is 0.497 e. The van der Waals surface area contributed by atoms with Crippen molar-refractivity contribution in [3.05, 3.63) is 36.4 Å². The number of nitrogens with zero attached hydrogens (tertiary/aromatic N) is 1. The molecule has 0 bridgehead atoms. The van der Waals surface area contributed by atoms with Crippen molar-refractivity contribution in [3.8, 4) is 34.3 Å². The Kier molecular flexibility index (Phi) is 5.82. The molecule has 1 aromatic heterocycles. The molecule has 0 fully saturated rings. The van der Waals surface area contributed by atoms with E-state index in [0.717, 1.165) is 10.9 Å². The highest BCUT2D eigenvalue weighted by molar-refractivity contribution is 6.00. The van der Waals surface area contributed by atoms with Gasteiger partial charge in [-0.3, -0.25) is 0 Å². The molecule has 0 aliphatic heterocycles. The van der Waals surface area contributed by atoms with Crippen LogP contribution in [0.2, 0.25) is 0 Å². The molecule has 160 valence electrons. The SMILES string of the molecule is COc1cc(OC)cc(-c2cc3c(OC)cc(OC)cc3n2C(=O)OC(C)(C)C)c1. The van der Waals surface area contributed by atoms with Crippen molar-refractivity contribution in [2.24, 2.45) is 0 Å². The van der Waals surface area contributed by atoms with Gasteiger partial charge < -0.3 is 23.7 Å². The third-order valence-corrected chi connectivity index (χ3v) is 4.54. The lowest BCUT2D eigenvalue weighted by Crippen LogP contribution is -2.27. The van der Waals surface area contributed by atoms with E-state index >= 15 is 0 Å². The quantitative estimate of drug-likeness (QED) is 0.578. The van der Waals surface area contributed by atoms with Gasteiger partial charge in [-0.25, -0.2) is 9.36 Å². The number of aromatic nitrogens is 1. The molecular weight excluding hydrogens is 386 g/mol. The van der Waals surface area contributed by atoms with Crippen LogP contribution in [-0.4, -0.2) is 44.7 Å². The predicted molar refractivity (Wildman–Crippen MR) is 115 cm³/mol. The summed E-state index contributed by atoms with van der Waals surface area (Å²) >= 11 is 0. The molecule has 7 heteroatoms. The van der Waals surface area contributed by atoms with E-state index in [0.29, 0.717) is 34.2 Å². The van der Waals surface area contributed by atoms with Crippen molar-refractivity contribution in [3.63, 3.8) is 0 Å². The zero-order valence-electron chi connectivity index (χ0n) is 18.4. The number of fused-ring (bicyclic) bond motifs is 1. The van der Waals surface area contributed by atoms with Gasteiger partial charge in [0.25, 0.3) is 0 Å². The van der Waals surface area contributed by atoms with Gasteiger partial charge in [-0.1, -0.05) is 0 Å². The fourth-order valence-electron chi connectivity index (χ4n) is 3.21. The Balaban J connectivity index is 2.35. The number of carbonyl (C=O) groups is 1. The highest BCUT2D eigenvalue weighted by atomic mass is 16.6. The molecule has 3 rings (SSSR count). The van der Waals surface area contributed by atoms with E-state index in [-0.39, 0.29) is 0 Å². The first-order chi connectivity index (χ1) is 14.2. The van der Waals surface area contributed by atoms with Crippen LogP contribution in [0.5, 0.6) is 23.0 Å². The number of ether oxygens (including phenoxy) is 5.